The largest absolute Gasteiger partial charge is 0.394 e. The molecule has 0 unspecified atom stereocenters. The number of nitrogens with zero attached hydrogens (tertiary/aromatic N) is 3. The fraction of sp³-hybridized carbons (Fsp3) is 0.571. The lowest BCUT2D eigenvalue weighted by molar-refractivity contribution is 0.100. The number of aromatic nitrogens is 3. The normalized spacial score (nSPS) is 10.4. The molecule has 0 amide bonds. The fourth-order valence-electron chi connectivity index (χ4n) is 1.04. The van der Waals surface area contributed by atoms with Crippen molar-refractivity contribution in [2.45, 2.75) is 20.1 Å². The molecule has 1 heterocycles. The number of carbonyl (C=O) groups is 1. The lowest BCUT2D eigenvalue weighted by atomic mass is 10.2. The summed E-state index contributed by atoms with van der Waals surface area (Å²) in [5.41, 5.74) is 0.512. The van der Waals surface area contributed by atoms with E-state index < -0.39 is 0 Å². The number of hydrogen-bond acceptors (Lipinski definition) is 5. The lowest BCUT2D eigenvalue weighted by Gasteiger charge is -2.01. The highest BCUT2D eigenvalue weighted by molar-refractivity contribution is 5.93. The molecule has 2 N–H and O–H groups in total. The van der Waals surface area contributed by atoms with Crippen LogP contribution in [0.25, 0.3) is 0 Å². The number of aliphatic hydroxyl groups excluding tert-OH is 2. The number of aliphatic hydroxyl groups is 2. The second-order valence-corrected chi connectivity index (χ2v) is 2.55. The van der Waals surface area contributed by atoms with E-state index >= 15 is 0 Å². The number of Topliss-reactive ketones (excluding diaryl/α,β-unsaturated/α-hetero) is 1. The van der Waals surface area contributed by atoms with Gasteiger partial charge in [0.25, 0.3) is 0 Å². The van der Waals surface area contributed by atoms with Crippen molar-refractivity contribution in [1.29, 1.82) is 0 Å². The minimum atomic E-state index is -0.304. The molecule has 0 bridgehead atoms. The van der Waals surface area contributed by atoms with Crippen molar-refractivity contribution in [3.8, 4) is 0 Å². The van der Waals surface area contributed by atoms with Crippen LogP contribution in [0.5, 0.6) is 0 Å². The van der Waals surface area contributed by atoms with Crippen molar-refractivity contribution in [3.63, 3.8) is 0 Å². The molecule has 0 aliphatic heterocycles. The minimum absolute atomic E-state index is 0.103. The van der Waals surface area contributed by atoms with Gasteiger partial charge < -0.3 is 10.2 Å². The highest BCUT2D eigenvalue weighted by atomic mass is 16.3. The molecule has 6 heteroatoms. The van der Waals surface area contributed by atoms with Crippen molar-refractivity contribution in [2.75, 3.05) is 6.61 Å². The van der Waals surface area contributed by atoms with Gasteiger partial charge in [0.2, 0.25) is 0 Å². The third-order valence-corrected chi connectivity index (χ3v) is 1.63. The van der Waals surface area contributed by atoms with E-state index in [4.69, 9.17) is 10.2 Å². The molecule has 13 heavy (non-hydrogen) atoms. The first-order valence-electron chi connectivity index (χ1n) is 3.85. The maximum atomic E-state index is 11.0. The van der Waals surface area contributed by atoms with Gasteiger partial charge in [-0.3, -0.25) is 4.79 Å². The van der Waals surface area contributed by atoms with Gasteiger partial charge in [-0.05, 0) is 0 Å². The van der Waals surface area contributed by atoms with E-state index in [-0.39, 0.29) is 31.2 Å². The van der Waals surface area contributed by atoms with E-state index in [2.05, 4.69) is 10.3 Å². The first-order chi connectivity index (χ1) is 6.20. The van der Waals surface area contributed by atoms with Gasteiger partial charge in [-0.1, -0.05) is 5.21 Å². The average Bonchev–Trinajstić information content (AvgIpc) is 2.48. The summed E-state index contributed by atoms with van der Waals surface area (Å²) in [6.07, 6.45) is 0. The minimum Gasteiger partial charge on any atom is -0.394 e. The van der Waals surface area contributed by atoms with Gasteiger partial charge >= 0.3 is 0 Å². The summed E-state index contributed by atoms with van der Waals surface area (Å²) in [6.45, 7) is 1.18. The maximum Gasteiger partial charge on any atom is 0.182 e. The molecule has 0 spiro atoms. The van der Waals surface area contributed by atoms with Crippen molar-refractivity contribution < 1.29 is 15.0 Å². The Morgan fingerprint density at radius 3 is 2.69 bits per heavy atom. The van der Waals surface area contributed by atoms with Gasteiger partial charge in [0.1, 0.15) is 0 Å². The zero-order valence-corrected chi connectivity index (χ0v) is 7.27. The number of carbonyl (C=O) groups excluding carboxylic acids is 1. The predicted octanol–water partition coefficient (Wildman–Crippen LogP) is -1.03. The average molecular weight is 185 g/mol. The monoisotopic (exact) mass is 185 g/mol. The molecule has 0 saturated heterocycles. The van der Waals surface area contributed by atoms with Gasteiger partial charge in [-0.15, -0.1) is 5.10 Å². The summed E-state index contributed by atoms with van der Waals surface area (Å²) in [7, 11) is 0. The quantitative estimate of drug-likeness (QED) is 0.585. The second-order valence-electron chi connectivity index (χ2n) is 2.55. The van der Waals surface area contributed by atoms with Crippen LogP contribution < -0.4 is 0 Å². The van der Waals surface area contributed by atoms with Gasteiger partial charge in [0.15, 0.2) is 11.5 Å². The molecule has 0 radical (unpaired) electrons. The summed E-state index contributed by atoms with van der Waals surface area (Å²) < 4.78 is 1.32. The summed E-state index contributed by atoms with van der Waals surface area (Å²) in [5.74, 6) is -0.242. The van der Waals surface area contributed by atoms with Crippen molar-refractivity contribution >= 4 is 5.78 Å². The van der Waals surface area contributed by atoms with Crippen LogP contribution in [0.15, 0.2) is 0 Å². The fourth-order valence-corrected chi connectivity index (χ4v) is 1.04. The predicted molar refractivity (Wildman–Crippen MR) is 43.0 cm³/mol. The van der Waals surface area contributed by atoms with Gasteiger partial charge in [0, 0.05) is 6.92 Å². The Bertz CT molecular complexity index is 308. The van der Waals surface area contributed by atoms with Crippen LogP contribution in [0.4, 0.5) is 0 Å². The number of hydrogen-bond donors (Lipinski definition) is 2. The summed E-state index contributed by atoms with van der Waals surface area (Å²) in [6, 6.07) is 0. The van der Waals surface area contributed by atoms with Crippen molar-refractivity contribution in [2.24, 2.45) is 0 Å². The molecule has 0 saturated carbocycles. The van der Waals surface area contributed by atoms with E-state index in [0.29, 0.717) is 5.69 Å². The summed E-state index contributed by atoms with van der Waals surface area (Å²) in [5, 5.41) is 24.8. The Kier molecular flexibility index (Phi) is 3.10. The molecule has 72 valence electrons. The molecule has 0 aliphatic carbocycles. The molecule has 1 aromatic rings. The topological polar surface area (TPSA) is 88.2 Å². The standard InChI is InChI=1S/C7H11N3O3/c1-5(13)7-6(4-12)10(2-3-11)9-8-7/h11-12H,2-4H2,1H3. The Balaban J connectivity index is 3.03. The first-order valence-corrected chi connectivity index (χ1v) is 3.85. The second kappa shape index (κ2) is 4.11. The Morgan fingerprint density at radius 2 is 2.23 bits per heavy atom. The van der Waals surface area contributed by atoms with Crippen LogP contribution in [-0.4, -0.2) is 37.6 Å². The highest BCUT2D eigenvalue weighted by Crippen LogP contribution is 2.05. The first kappa shape index (κ1) is 9.82. The third kappa shape index (κ3) is 1.90. The Morgan fingerprint density at radius 1 is 1.54 bits per heavy atom. The summed E-state index contributed by atoms with van der Waals surface area (Å²) in [4.78, 5) is 11.0. The smallest absolute Gasteiger partial charge is 0.182 e. The molecular weight excluding hydrogens is 174 g/mol. The maximum absolute atomic E-state index is 11.0. The number of ketones is 1. The van der Waals surface area contributed by atoms with Gasteiger partial charge in [0.05, 0.1) is 25.5 Å². The van der Waals surface area contributed by atoms with Crippen LogP contribution in [-0.2, 0) is 13.2 Å². The van der Waals surface area contributed by atoms with E-state index in [0.717, 1.165) is 0 Å². The van der Waals surface area contributed by atoms with Crippen LogP contribution in [0.2, 0.25) is 0 Å². The highest BCUT2D eigenvalue weighted by Gasteiger charge is 2.14. The molecule has 1 rings (SSSR count). The Labute approximate surface area is 74.8 Å². The molecule has 1 aromatic heterocycles. The zero-order chi connectivity index (χ0) is 9.84. The van der Waals surface area contributed by atoms with Crippen LogP contribution in [0, 0.1) is 0 Å². The van der Waals surface area contributed by atoms with Gasteiger partial charge in [-0.25, -0.2) is 4.68 Å². The van der Waals surface area contributed by atoms with E-state index in [9.17, 15) is 4.79 Å². The van der Waals surface area contributed by atoms with Gasteiger partial charge in [-0.2, -0.15) is 0 Å². The van der Waals surface area contributed by atoms with E-state index in [1.54, 1.807) is 0 Å². The van der Waals surface area contributed by atoms with E-state index in [1.165, 1.54) is 11.6 Å². The molecule has 6 nitrogen and oxygen atoms in total. The zero-order valence-electron chi connectivity index (χ0n) is 7.27. The Hall–Kier alpha value is -1.27. The van der Waals surface area contributed by atoms with Crippen LogP contribution in [0.1, 0.15) is 23.1 Å². The van der Waals surface area contributed by atoms with Crippen LogP contribution >= 0.6 is 0 Å². The summed E-state index contributed by atoms with van der Waals surface area (Å²) >= 11 is 0. The van der Waals surface area contributed by atoms with Crippen molar-refractivity contribution in [3.05, 3.63) is 11.4 Å². The molecule has 0 fully saturated rings. The van der Waals surface area contributed by atoms with Crippen molar-refractivity contribution in [1.82, 2.24) is 15.0 Å². The SMILES string of the molecule is CC(=O)c1nnn(CCO)c1CO. The van der Waals surface area contributed by atoms with Crippen LogP contribution in [0.3, 0.4) is 0 Å². The number of rotatable bonds is 4. The molecular formula is C7H11N3O3. The van der Waals surface area contributed by atoms with E-state index in [1.807, 2.05) is 0 Å². The molecule has 0 aromatic carbocycles. The third-order valence-electron chi connectivity index (χ3n) is 1.63. The lowest BCUT2D eigenvalue weighted by Crippen LogP contribution is -2.09. The molecule has 0 aliphatic rings. The molecule has 0 atom stereocenters.